The molecule has 3 heteroatoms. The number of rotatable bonds is 4. The van der Waals surface area contributed by atoms with Gasteiger partial charge in [0, 0.05) is 6.54 Å². The molecule has 0 aromatic carbocycles. The van der Waals surface area contributed by atoms with E-state index in [9.17, 15) is 4.79 Å². The van der Waals surface area contributed by atoms with E-state index in [1.807, 2.05) is 0 Å². The number of carbonyl (C=O) groups is 1. The van der Waals surface area contributed by atoms with Crippen LogP contribution in [0.5, 0.6) is 0 Å². The van der Waals surface area contributed by atoms with E-state index in [1.54, 1.807) is 6.92 Å². The minimum atomic E-state index is -0.430. The predicted molar refractivity (Wildman–Crippen MR) is 69.5 cm³/mol. The van der Waals surface area contributed by atoms with Crippen LogP contribution in [0.3, 0.4) is 0 Å². The van der Waals surface area contributed by atoms with E-state index in [1.165, 1.54) is 11.1 Å². The molecule has 1 unspecified atom stereocenters. The van der Waals surface area contributed by atoms with Gasteiger partial charge in [0.25, 0.3) is 0 Å². The van der Waals surface area contributed by atoms with Crippen LogP contribution in [0.25, 0.3) is 0 Å². The zero-order valence-electron chi connectivity index (χ0n) is 10.7. The summed E-state index contributed by atoms with van der Waals surface area (Å²) >= 11 is 0. The van der Waals surface area contributed by atoms with Crippen molar-refractivity contribution in [2.24, 2.45) is 5.92 Å². The van der Waals surface area contributed by atoms with E-state index in [-0.39, 0.29) is 0 Å². The van der Waals surface area contributed by atoms with Gasteiger partial charge in [-0.15, -0.1) is 0 Å². The summed E-state index contributed by atoms with van der Waals surface area (Å²) in [5.74, 6) is 1.00. The highest BCUT2D eigenvalue weighted by molar-refractivity contribution is 5.68. The second-order valence-electron chi connectivity index (χ2n) is 4.63. The minimum absolute atomic E-state index is 0.405. The van der Waals surface area contributed by atoms with Crippen LogP contribution in [-0.4, -0.2) is 12.6 Å². The molecule has 1 atom stereocenters. The number of alkyl carbamates (subject to hydrolysis) is 1. The molecule has 94 valence electrons. The van der Waals surface area contributed by atoms with E-state index in [4.69, 9.17) is 4.74 Å². The second-order valence-corrected chi connectivity index (χ2v) is 4.63. The summed E-state index contributed by atoms with van der Waals surface area (Å²) in [5.41, 5.74) is 2.51. The monoisotopic (exact) mass is 235 g/mol. The fraction of sp³-hybridized carbons (Fsp3) is 0.500. The van der Waals surface area contributed by atoms with Crippen molar-refractivity contribution in [1.29, 1.82) is 0 Å². The Morgan fingerprint density at radius 3 is 2.71 bits per heavy atom. The van der Waals surface area contributed by atoms with Crippen molar-refractivity contribution in [3.05, 3.63) is 36.1 Å². The summed E-state index contributed by atoms with van der Waals surface area (Å²) in [6.07, 6.45) is 4.94. The fourth-order valence-electron chi connectivity index (χ4n) is 1.88. The SMILES string of the molecule is C=C(C)OC(=O)NCC1=CCC(C(=C)C)CC1. The van der Waals surface area contributed by atoms with Crippen LogP contribution in [0.15, 0.2) is 36.1 Å². The van der Waals surface area contributed by atoms with Crippen molar-refractivity contribution in [2.45, 2.75) is 33.1 Å². The molecule has 1 rings (SSSR count). The molecule has 0 aromatic rings. The maximum Gasteiger partial charge on any atom is 0.412 e. The lowest BCUT2D eigenvalue weighted by molar-refractivity contribution is 0.177. The Balaban J connectivity index is 2.32. The van der Waals surface area contributed by atoms with Gasteiger partial charge in [-0.1, -0.05) is 30.4 Å². The van der Waals surface area contributed by atoms with E-state index >= 15 is 0 Å². The van der Waals surface area contributed by atoms with Crippen LogP contribution in [0, 0.1) is 5.92 Å². The van der Waals surface area contributed by atoms with Gasteiger partial charge < -0.3 is 10.1 Å². The zero-order valence-corrected chi connectivity index (χ0v) is 10.7. The number of ether oxygens (including phenoxy) is 1. The maximum absolute atomic E-state index is 11.2. The normalized spacial score (nSPS) is 19.2. The number of hydrogen-bond acceptors (Lipinski definition) is 2. The molecule has 0 aromatic heterocycles. The van der Waals surface area contributed by atoms with Crippen molar-refractivity contribution in [1.82, 2.24) is 5.32 Å². The quantitative estimate of drug-likeness (QED) is 0.597. The van der Waals surface area contributed by atoms with Crippen molar-refractivity contribution in [2.75, 3.05) is 6.54 Å². The summed E-state index contributed by atoms with van der Waals surface area (Å²) in [5, 5.41) is 2.72. The van der Waals surface area contributed by atoms with Gasteiger partial charge in [-0.25, -0.2) is 4.79 Å². The fourth-order valence-corrected chi connectivity index (χ4v) is 1.88. The molecule has 1 N–H and O–H groups in total. The van der Waals surface area contributed by atoms with Crippen LogP contribution < -0.4 is 5.32 Å². The van der Waals surface area contributed by atoms with Gasteiger partial charge in [0.15, 0.2) is 0 Å². The maximum atomic E-state index is 11.2. The van der Waals surface area contributed by atoms with Gasteiger partial charge in [-0.2, -0.15) is 0 Å². The number of hydrogen-bond donors (Lipinski definition) is 1. The van der Waals surface area contributed by atoms with Gasteiger partial charge in [0.1, 0.15) is 0 Å². The van der Waals surface area contributed by atoms with Crippen LogP contribution in [0.2, 0.25) is 0 Å². The first-order valence-corrected chi connectivity index (χ1v) is 5.93. The molecule has 0 heterocycles. The molecule has 1 aliphatic carbocycles. The third kappa shape index (κ3) is 4.89. The van der Waals surface area contributed by atoms with Crippen LogP contribution >= 0.6 is 0 Å². The largest absolute Gasteiger partial charge is 0.416 e. The standard InChI is InChI=1S/C14H21NO2/c1-10(2)13-7-5-12(6-8-13)9-15-14(16)17-11(3)4/h5,13H,1,3,6-9H2,2,4H3,(H,15,16). The van der Waals surface area contributed by atoms with Crippen LogP contribution in [-0.2, 0) is 4.74 Å². The Morgan fingerprint density at radius 1 is 1.53 bits per heavy atom. The van der Waals surface area contributed by atoms with Gasteiger partial charge in [0.2, 0.25) is 0 Å². The van der Waals surface area contributed by atoms with Crippen molar-refractivity contribution >= 4 is 6.09 Å². The van der Waals surface area contributed by atoms with Crippen molar-refractivity contribution < 1.29 is 9.53 Å². The molecule has 0 spiro atoms. The molecule has 0 saturated carbocycles. The molecule has 0 bridgehead atoms. The minimum Gasteiger partial charge on any atom is -0.416 e. The Kier molecular flexibility index (Phi) is 5.01. The first-order chi connectivity index (χ1) is 7.99. The average molecular weight is 235 g/mol. The third-order valence-electron chi connectivity index (χ3n) is 2.93. The number of amides is 1. The number of nitrogens with one attached hydrogen (secondary N) is 1. The Bertz CT molecular complexity index is 355. The smallest absolute Gasteiger partial charge is 0.412 e. The lowest BCUT2D eigenvalue weighted by Gasteiger charge is -2.22. The summed E-state index contributed by atoms with van der Waals surface area (Å²) < 4.78 is 4.81. The molecular weight excluding hydrogens is 214 g/mol. The first kappa shape index (κ1) is 13.6. The Hall–Kier alpha value is -1.51. The molecule has 1 aliphatic rings. The topological polar surface area (TPSA) is 38.3 Å². The van der Waals surface area contributed by atoms with Gasteiger partial charge >= 0.3 is 6.09 Å². The third-order valence-corrected chi connectivity index (χ3v) is 2.93. The highest BCUT2D eigenvalue weighted by Crippen LogP contribution is 2.27. The molecule has 0 fully saturated rings. The molecule has 0 aliphatic heterocycles. The molecular formula is C14H21NO2. The van der Waals surface area contributed by atoms with Crippen molar-refractivity contribution in [3.8, 4) is 0 Å². The highest BCUT2D eigenvalue weighted by Gasteiger charge is 2.15. The van der Waals surface area contributed by atoms with Gasteiger partial charge in [0.05, 0.1) is 5.76 Å². The molecule has 0 radical (unpaired) electrons. The summed E-state index contributed by atoms with van der Waals surface area (Å²) in [6.45, 7) is 11.8. The summed E-state index contributed by atoms with van der Waals surface area (Å²) in [4.78, 5) is 11.2. The van der Waals surface area contributed by atoms with Crippen LogP contribution in [0.1, 0.15) is 33.1 Å². The molecule has 1 amide bonds. The van der Waals surface area contributed by atoms with Gasteiger partial charge in [-0.05, 0) is 39.0 Å². The molecule has 17 heavy (non-hydrogen) atoms. The van der Waals surface area contributed by atoms with Crippen molar-refractivity contribution in [3.63, 3.8) is 0 Å². The lowest BCUT2D eigenvalue weighted by Crippen LogP contribution is -2.26. The predicted octanol–water partition coefficient (Wildman–Crippen LogP) is 3.55. The lowest BCUT2D eigenvalue weighted by atomic mass is 9.85. The molecule has 3 nitrogen and oxygen atoms in total. The number of carbonyl (C=O) groups excluding carboxylic acids is 1. The zero-order chi connectivity index (χ0) is 12.8. The van der Waals surface area contributed by atoms with E-state index in [2.05, 4.69) is 31.5 Å². The van der Waals surface area contributed by atoms with E-state index < -0.39 is 6.09 Å². The molecule has 0 saturated heterocycles. The summed E-state index contributed by atoms with van der Waals surface area (Å²) in [7, 11) is 0. The first-order valence-electron chi connectivity index (χ1n) is 5.93. The summed E-state index contributed by atoms with van der Waals surface area (Å²) in [6, 6.07) is 0. The van der Waals surface area contributed by atoms with E-state index in [0.29, 0.717) is 18.2 Å². The highest BCUT2D eigenvalue weighted by atomic mass is 16.6. The number of allylic oxidation sites excluding steroid dienone is 3. The van der Waals surface area contributed by atoms with Gasteiger partial charge in [-0.3, -0.25) is 0 Å². The second kappa shape index (κ2) is 6.28. The average Bonchev–Trinajstić information content (AvgIpc) is 2.26. The Labute approximate surface area is 103 Å². The van der Waals surface area contributed by atoms with E-state index in [0.717, 1.165) is 19.3 Å². The Morgan fingerprint density at radius 2 is 2.24 bits per heavy atom. The van der Waals surface area contributed by atoms with Crippen LogP contribution in [0.4, 0.5) is 4.79 Å².